The van der Waals surface area contributed by atoms with E-state index in [0.717, 1.165) is 28.6 Å². The molecular formula is C11H16N2OS. The number of thioether (sulfide) groups is 1. The molecule has 82 valence electrons. The molecule has 1 aliphatic rings. The van der Waals surface area contributed by atoms with Crippen LogP contribution in [0.4, 0.5) is 5.69 Å². The molecule has 0 aliphatic carbocycles. The fourth-order valence-electron chi connectivity index (χ4n) is 1.65. The molecule has 1 aliphatic heterocycles. The fourth-order valence-corrected chi connectivity index (χ4v) is 2.61. The highest BCUT2D eigenvalue weighted by atomic mass is 32.2. The molecule has 1 aromatic rings. The molecule has 3 nitrogen and oxygen atoms in total. The first-order chi connectivity index (χ1) is 7.25. The summed E-state index contributed by atoms with van der Waals surface area (Å²) in [5.74, 6) is 0.959. The van der Waals surface area contributed by atoms with Crippen molar-refractivity contribution in [3.63, 3.8) is 0 Å². The van der Waals surface area contributed by atoms with Gasteiger partial charge in [-0.15, -0.1) is 11.8 Å². The van der Waals surface area contributed by atoms with Crippen molar-refractivity contribution in [3.05, 3.63) is 17.8 Å². The number of pyridine rings is 1. The zero-order valence-electron chi connectivity index (χ0n) is 8.90. The van der Waals surface area contributed by atoms with E-state index in [9.17, 15) is 0 Å². The van der Waals surface area contributed by atoms with Gasteiger partial charge >= 0.3 is 0 Å². The Kier molecular flexibility index (Phi) is 3.49. The number of ether oxygens (including phenoxy) is 1. The van der Waals surface area contributed by atoms with Crippen molar-refractivity contribution in [1.82, 2.24) is 4.98 Å². The van der Waals surface area contributed by atoms with Crippen LogP contribution in [0.1, 0.15) is 18.4 Å². The van der Waals surface area contributed by atoms with Gasteiger partial charge in [0.15, 0.2) is 0 Å². The van der Waals surface area contributed by atoms with Crippen LogP contribution in [0.5, 0.6) is 0 Å². The maximum atomic E-state index is 5.88. The molecule has 4 heteroatoms. The Morgan fingerprint density at radius 1 is 1.67 bits per heavy atom. The van der Waals surface area contributed by atoms with Crippen LogP contribution in [0.25, 0.3) is 0 Å². The Morgan fingerprint density at radius 3 is 3.20 bits per heavy atom. The molecule has 0 bridgehead atoms. The summed E-state index contributed by atoms with van der Waals surface area (Å²) in [7, 11) is 0. The normalized spacial score (nSPS) is 20.7. The Balaban J connectivity index is 1.92. The minimum Gasteiger partial charge on any atom is -0.397 e. The largest absolute Gasteiger partial charge is 0.397 e. The number of hydrogen-bond acceptors (Lipinski definition) is 4. The van der Waals surface area contributed by atoms with Crippen LogP contribution in [0.3, 0.4) is 0 Å². The summed E-state index contributed by atoms with van der Waals surface area (Å²) < 4.78 is 5.55. The topological polar surface area (TPSA) is 48.1 Å². The van der Waals surface area contributed by atoms with E-state index >= 15 is 0 Å². The van der Waals surface area contributed by atoms with Gasteiger partial charge in [0.05, 0.1) is 11.8 Å². The number of hydrogen-bond donors (Lipinski definition) is 1. The summed E-state index contributed by atoms with van der Waals surface area (Å²) in [5.41, 5.74) is 7.76. The van der Waals surface area contributed by atoms with Gasteiger partial charge in [-0.25, -0.2) is 4.98 Å². The van der Waals surface area contributed by atoms with Gasteiger partial charge in [-0.2, -0.15) is 0 Å². The number of nitrogens with two attached hydrogens (primary N) is 1. The zero-order chi connectivity index (χ0) is 10.7. The predicted molar refractivity (Wildman–Crippen MR) is 63.1 cm³/mol. The highest BCUT2D eigenvalue weighted by Gasteiger charge is 2.16. The van der Waals surface area contributed by atoms with E-state index in [1.807, 2.05) is 19.2 Å². The lowest BCUT2D eigenvalue weighted by molar-refractivity contribution is 0.129. The minimum absolute atomic E-state index is 0.387. The molecule has 0 saturated carbocycles. The second-order valence-electron chi connectivity index (χ2n) is 3.85. The van der Waals surface area contributed by atoms with E-state index in [1.54, 1.807) is 11.8 Å². The number of aromatic nitrogens is 1. The molecule has 1 saturated heterocycles. The van der Waals surface area contributed by atoms with E-state index in [1.165, 1.54) is 12.8 Å². The molecule has 1 aromatic heterocycles. The van der Waals surface area contributed by atoms with Gasteiger partial charge in [0.25, 0.3) is 0 Å². The monoisotopic (exact) mass is 224 g/mol. The third-order valence-corrected chi connectivity index (χ3v) is 3.60. The van der Waals surface area contributed by atoms with Crippen LogP contribution in [-0.2, 0) is 4.74 Å². The highest BCUT2D eigenvalue weighted by molar-refractivity contribution is 7.99. The first-order valence-corrected chi connectivity index (χ1v) is 6.21. The fraction of sp³-hybridized carbons (Fsp3) is 0.545. The third kappa shape index (κ3) is 2.86. The van der Waals surface area contributed by atoms with Crippen LogP contribution >= 0.6 is 11.8 Å². The summed E-state index contributed by atoms with van der Waals surface area (Å²) in [4.78, 5) is 4.32. The van der Waals surface area contributed by atoms with Gasteiger partial charge in [-0.3, -0.25) is 0 Å². The van der Waals surface area contributed by atoms with Crippen LogP contribution in [-0.4, -0.2) is 23.4 Å². The van der Waals surface area contributed by atoms with E-state index in [0.29, 0.717) is 6.10 Å². The molecule has 0 amide bonds. The summed E-state index contributed by atoms with van der Waals surface area (Å²) in [6.45, 7) is 2.90. The molecule has 1 atom stereocenters. The van der Waals surface area contributed by atoms with Crippen molar-refractivity contribution in [1.29, 1.82) is 0 Å². The Morgan fingerprint density at radius 2 is 2.53 bits per heavy atom. The van der Waals surface area contributed by atoms with Gasteiger partial charge in [-0.05, 0) is 31.4 Å². The molecule has 1 unspecified atom stereocenters. The first-order valence-electron chi connectivity index (χ1n) is 5.22. The number of anilines is 1. The van der Waals surface area contributed by atoms with Crippen LogP contribution in [0.2, 0.25) is 0 Å². The first kappa shape index (κ1) is 10.8. The molecule has 2 rings (SSSR count). The second-order valence-corrected chi connectivity index (χ2v) is 4.86. The Bertz CT molecular complexity index is 337. The average Bonchev–Trinajstić information content (AvgIpc) is 2.69. The minimum atomic E-state index is 0.387. The maximum Gasteiger partial charge on any atom is 0.119 e. The van der Waals surface area contributed by atoms with Crippen LogP contribution in [0, 0.1) is 6.92 Å². The van der Waals surface area contributed by atoms with Crippen LogP contribution < -0.4 is 5.73 Å². The van der Waals surface area contributed by atoms with Crippen molar-refractivity contribution >= 4 is 17.4 Å². The van der Waals surface area contributed by atoms with Crippen molar-refractivity contribution in [3.8, 4) is 0 Å². The number of nitrogens with zero attached hydrogens (tertiary/aromatic N) is 1. The standard InChI is InChI=1S/C11H16N2OS/c1-8-5-10(12)11(13-6-8)15-7-9-3-2-4-14-9/h5-6,9H,2-4,7,12H2,1H3. The Labute approximate surface area is 94.4 Å². The van der Waals surface area contributed by atoms with Crippen molar-refractivity contribution in [2.45, 2.75) is 30.9 Å². The van der Waals surface area contributed by atoms with Crippen LogP contribution in [0.15, 0.2) is 17.3 Å². The maximum absolute atomic E-state index is 5.88. The quantitative estimate of drug-likeness (QED) is 0.800. The van der Waals surface area contributed by atoms with Crippen molar-refractivity contribution < 1.29 is 4.74 Å². The number of aryl methyl sites for hydroxylation is 1. The summed E-state index contributed by atoms with van der Waals surface area (Å²) in [6.07, 6.45) is 4.59. The average molecular weight is 224 g/mol. The SMILES string of the molecule is Cc1cnc(SCC2CCCO2)c(N)c1. The van der Waals surface area contributed by atoms with E-state index in [4.69, 9.17) is 10.5 Å². The van der Waals surface area contributed by atoms with Gasteiger partial charge in [0.2, 0.25) is 0 Å². The predicted octanol–water partition coefficient (Wildman–Crippen LogP) is 2.24. The van der Waals surface area contributed by atoms with Crippen molar-refractivity contribution in [2.24, 2.45) is 0 Å². The van der Waals surface area contributed by atoms with Gasteiger partial charge in [0, 0.05) is 18.6 Å². The molecular weight excluding hydrogens is 208 g/mol. The van der Waals surface area contributed by atoms with E-state index in [-0.39, 0.29) is 0 Å². The molecule has 0 radical (unpaired) electrons. The lowest BCUT2D eigenvalue weighted by Crippen LogP contribution is -2.08. The Hall–Kier alpha value is -0.740. The summed E-state index contributed by atoms with van der Waals surface area (Å²) in [6, 6.07) is 1.96. The molecule has 15 heavy (non-hydrogen) atoms. The molecule has 1 fully saturated rings. The van der Waals surface area contributed by atoms with Gasteiger partial charge in [-0.1, -0.05) is 0 Å². The third-order valence-electron chi connectivity index (χ3n) is 2.45. The molecule has 0 aromatic carbocycles. The van der Waals surface area contributed by atoms with E-state index < -0.39 is 0 Å². The lowest BCUT2D eigenvalue weighted by Gasteiger charge is -2.09. The summed E-state index contributed by atoms with van der Waals surface area (Å²) in [5, 5.41) is 0.927. The van der Waals surface area contributed by atoms with E-state index in [2.05, 4.69) is 4.98 Å². The van der Waals surface area contributed by atoms with Gasteiger partial charge < -0.3 is 10.5 Å². The molecule has 2 heterocycles. The van der Waals surface area contributed by atoms with Crippen molar-refractivity contribution in [2.75, 3.05) is 18.1 Å². The van der Waals surface area contributed by atoms with Gasteiger partial charge in [0.1, 0.15) is 5.03 Å². The number of nitrogen functional groups attached to an aromatic ring is 1. The highest BCUT2D eigenvalue weighted by Crippen LogP contribution is 2.26. The number of rotatable bonds is 3. The lowest BCUT2D eigenvalue weighted by atomic mass is 10.3. The molecule has 0 spiro atoms. The summed E-state index contributed by atoms with van der Waals surface area (Å²) >= 11 is 1.69. The zero-order valence-corrected chi connectivity index (χ0v) is 9.72. The smallest absolute Gasteiger partial charge is 0.119 e. The molecule has 2 N–H and O–H groups in total. The second kappa shape index (κ2) is 4.86.